The second-order valence-corrected chi connectivity index (χ2v) is 5.34. The Labute approximate surface area is 132 Å². The molecule has 1 aromatic heterocycles. The summed E-state index contributed by atoms with van der Waals surface area (Å²) in [7, 11) is 3.54. The van der Waals surface area contributed by atoms with Crippen LogP contribution in [-0.4, -0.2) is 35.0 Å². The van der Waals surface area contributed by atoms with E-state index in [0.717, 1.165) is 34.7 Å². The first-order chi connectivity index (χ1) is 10.2. The van der Waals surface area contributed by atoms with Crippen LogP contribution in [0.4, 0.5) is 0 Å². The average Bonchev–Trinajstić information content (AvgIpc) is 2.88. The first kappa shape index (κ1) is 15.9. The van der Waals surface area contributed by atoms with Crippen molar-refractivity contribution in [3.63, 3.8) is 0 Å². The Morgan fingerprint density at radius 2 is 2.24 bits per heavy atom. The molecule has 0 amide bonds. The van der Waals surface area contributed by atoms with Crippen LogP contribution in [0.25, 0.3) is 0 Å². The number of para-hydroxylation sites is 1. The van der Waals surface area contributed by atoms with Gasteiger partial charge in [0.2, 0.25) is 0 Å². The molecule has 1 aromatic carbocycles. The maximum atomic E-state index is 5.91. The summed E-state index contributed by atoms with van der Waals surface area (Å²) in [5.74, 6) is 1.61. The van der Waals surface area contributed by atoms with Gasteiger partial charge in [0.15, 0.2) is 5.82 Å². The fraction of sp³-hybridized carbons (Fsp3) is 0.429. The van der Waals surface area contributed by atoms with E-state index in [1.807, 2.05) is 25.2 Å². The highest BCUT2D eigenvalue weighted by Crippen LogP contribution is 2.29. The molecule has 114 valence electrons. The van der Waals surface area contributed by atoms with Crippen molar-refractivity contribution in [2.24, 2.45) is 7.05 Å². The summed E-state index contributed by atoms with van der Waals surface area (Å²) in [4.78, 5) is 4.16. The first-order valence-electron chi connectivity index (χ1n) is 6.65. The highest BCUT2D eigenvalue weighted by atomic mass is 79.9. The van der Waals surface area contributed by atoms with Crippen LogP contribution in [0.2, 0.25) is 0 Å². The molecule has 0 saturated carbocycles. The molecule has 21 heavy (non-hydrogen) atoms. The number of nitrogens with one attached hydrogen (secondary N) is 1. The molecule has 0 aliphatic rings. The van der Waals surface area contributed by atoms with Crippen LogP contribution < -0.4 is 10.1 Å². The van der Waals surface area contributed by atoms with E-state index in [2.05, 4.69) is 31.3 Å². The van der Waals surface area contributed by atoms with Crippen LogP contribution in [0.15, 0.2) is 29.0 Å². The van der Waals surface area contributed by atoms with Gasteiger partial charge < -0.3 is 14.8 Å². The number of aromatic nitrogens is 3. The molecule has 2 rings (SSSR count). The normalized spacial score (nSPS) is 10.8. The van der Waals surface area contributed by atoms with Crippen LogP contribution >= 0.6 is 15.9 Å². The molecule has 1 N–H and O–H groups in total. The van der Waals surface area contributed by atoms with Gasteiger partial charge in [0.05, 0.1) is 11.1 Å². The largest absolute Gasteiger partial charge is 0.484 e. The first-order valence-corrected chi connectivity index (χ1v) is 7.44. The van der Waals surface area contributed by atoms with Gasteiger partial charge in [-0.25, -0.2) is 4.98 Å². The highest BCUT2D eigenvalue weighted by Gasteiger charge is 2.10. The quantitative estimate of drug-likeness (QED) is 0.733. The summed E-state index contributed by atoms with van der Waals surface area (Å²) in [6.45, 7) is 2.58. The molecule has 0 radical (unpaired) electrons. The van der Waals surface area contributed by atoms with E-state index in [1.165, 1.54) is 6.33 Å². The van der Waals surface area contributed by atoms with Crippen LogP contribution in [0, 0.1) is 0 Å². The Kier molecular flexibility index (Phi) is 6.16. The third-order valence-electron chi connectivity index (χ3n) is 3.00. The topological polar surface area (TPSA) is 61.2 Å². The van der Waals surface area contributed by atoms with Crippen molar-refractivity contribution in [2.45, 2.75) is 13.2 Å². The lowest BCUT2D eigenvalue weighted by Gasteiger charge is -2.13. The van der Waals surface area contributed by atoms with Crippen LogP contribution in [0.1, 0.15) is 11.4 Å². The molecular weight excluding hydrogens is 336 g/mol. The van der Waals surface area contributed by atoms with Crippen molar-refractivity contribution in [3.8, 4) is 5.75 Å². The van der Waals surface area contributed by atoms with Crippen molar-refractivity contribution in [1.82, 2.24) is 20.1 Å². The average molecular weight is 355 g/mol. The number of methoxy groups -OCH3 is 1. The number of hydrogen-bond acceptors (Lipinski definition) is 5. The van der Waals surface area contributed by atoms with Gasteiger partial charge in [-0.2, -0.15) is 5.10 Å². The monoisotopic (exact) mass is 354 g/mol. The van der Waals surface area contributed by atoms with Gasteiger partial charge in [0.25, 0.3) is 0 Å². The predicted molar refractivity (Wildman–Crippen MR) is 83.1 cm³/mol. The maximum Gasteiger partial charge on any atom is 0.164 e. The Hall–Kier alpha value is -1.44. The molecule has 2 aromatic rings. The Balaban J connectivity index is 2.01. The fourth-order valence-corrected chi connectivity index (χ4v) is 2.36. The number of hydrogen-bond donors (Lipinski definition) is 1. The lowest BCUT2D eigenvalue weighted by molar-refractivity contribution is 0.199. The molecule has 0 bridgehead atoms. The van der Waals surface area contributed by atoms with Crippen molar-refractivity contribution >= 4 is 15.9 Å². The number of aryl methyl sites for hydroxylation is 1. The molecule has 0 aliphatic carbocycles. The summed E-state index contributed by atoms with van der Waals surface area (Å²) < 4.78 is 13.6. The summed E-state index contributed by atoms with van der Waals surface area (Å²) in [6.07, 6.45) is 1.52. The van der Waals surface area contributed by atoms with E-state index in [4.69, 9.17) is 9.47 Å². The molecule has 0 saturated heterocycles. The van der Waals surface area contributed by atoms with Crippen LogP contribution in [0.5, 0.6) is 5.75 Å². The minimum atomic E-state index is 0.379. The maximum absolute atomic E-state index is 5.91. The summed E-state index contributed by atoms with van der Waals surface area (Å²) in [5, 5.41) is 7.35. The molecule has 7 heteroatoms. The molecule has 0 unspecified atom stereocenters. The number of nitrogens with zero attached hydrogens (tertiary/aromatic N) is 3. The van der Waals surface area contributed by atoms with Gasteiger partial charge in [-0.1, -0.05) is 12.1 Å². The molecule has 0 spiro atoms. The number of benzene rings is 1. The van der Waals surface area contributed by atoms with Crippen molar-refractivity contribution in [1.29, 1.82) is 0 Å². The van der Waals surface area contributed by atoms with Crippen molar-refractivity contribution < 1.29 is 9.47 Å². The van der Waals surface area contributed by atoms with Gasteiger partial charge >= 0.3 is 0 Å². The van der Waals surface area contributed by atoms with E-state index >= 15 is 0 Å². The summed E-state index contributed by atoms with van der Waals surface area (Å²) in [6, 6.07) is 5.99. The number of rotatable bonds is 8. The minimum absolute atomic E-state index is 0.379. The molecule has 1 heterocycles. The van der Waals surface area contributed by atoms with E-state index < -0.39 is 0 Å². The van der Waals surface area contributed by atoms with Crippen LogP contribution in [-0.2, 0) is 24.9 Å². The van der Waals surface area contributed by atoms with Crippen LogP contribution in [0.3, 0.4) is 0 Å². The fourth-order valence-electron chi connectivity index (χ4n) is 1.84. The highest BCUT2D eigenvalue weighted by molar-refractivity contribution is 9.10. The lowest BCUT2D eigenvalue weighted by Crippen LogP contribution is -2.19. The molecule has 0 atom stereocenters. The van der Waals surface area contributed by atoms with E-state index in [1.54, 1.807) is 11.8 Å². The second-order valence-electron chi connectivity index (χ2n) is 4.49. The Morgan fingerprint density at radius 1 is 1.38 bits per heavy atom. The molecule has 0 aliphatic heterocycles. The smallest absolute Gasteiger partial charge is 0.164 e. The van der Waals surface area contributed by atoms with E-state index in [0.29, 0.717) is 13.2 Å². The molecule has 0 fully saturated rings. The van der Waals surface area contributed by atoms with Gasteiger partial charge in [-0.3, -0.25) is 4.68 Å². The zero-order valence-electron chi connectivity index (χ0n) is 12.2. The van der Waals surface area contributed by atoms with Gasteiger partial charge in [-0.05, 0) is 22.0 Å². The predicted octanol–water partition coefficient (Wildman–Crippen LogP) is 1.89. The Morgan fingerprint density at radius 3 is 2.95 bits per heavy atom. The second kappa shape index (κ2) is 8.11. The summed E-state index contributed by atoms with van der Waals surface area (Å²) >= 11 is 3.53. The third-order valence-corrected chi connectivity index (χ3v) is 3.62. The van der Waals surface area contributed by atoms with Gasteiger partial charge in [0.1, 0.15) is 18.7 Å². The summed E-state index contributed by atoms with van der Waals surface area (Å²) in [5.41, 5.74) is 1.09. The zero-order chi connectivity index (χ0) is 15.1. The van der Waals surface area contributed by atoms with E-state index in [9.17, 15) is 0 Å². The zero-order valence-corrected chi connectivity index (χ0v) is 13.8. The lowest BCUT2D eigenvalue weighted by atomic mass is 10.2. The molecule has 6 nitrogen and oxygen atoms in total. The minimum Gasteiger partial charge on any atom is -0.484 e. The van der Waals surface area contributed by atoms with Crippen molar-refractivity contribution in [2.75, 3.05) is 20.3 Å². The standard InChI is InChI=1S/C14H19BrN4O2/c1-19-13(17-10-18-19)9-21-14-11(4-3-5-12(14)15)8-16-6-7-20-2/h3-5,10,16H,6-9H2,1-2H3. The number of ether oxygens (including phenoxy) is 2. The molecular formula is C14H19BrN4O2. The van der Waals surface area contributed by atoms with Crippen molar-refractivity contribution in [3.05, 3.63) is 40.4 Å². The third kappa shape index (κ3) is 4.52. The number of halogens is 1. The van der Waals surface area contributed by atoms with Gasteiger partial charge in [0, 0.05) is 32.8 Å². The SMILES string of the molecule is COCCNCc1cccc(Br)c1OCc1ncnn1C. The Bertz CT molecular complexity index is 574. The van der Waals surface area contributed by atoms with E-state index in [-0.39, 0.29) is 0 Å². The van der Waals surface area contributed by atoms with Gasteiger partial charge in [-0.15, -0.1) is 0 Å².